The van der Waals surface area contributed by atoms with Crippen LogP contribution in [0.4, 0.5) is 0 Å². The average molecular weight is 153 g/mol. The summed E-state index contributed by atoms with van der Waals surface area (Å²) in [7, 11) is 0. The molecule has 0 saturated carbocycles. The van der Waals surface area contributed by atoms with Crippen LogP contribution in [0.1, 0.15) is 19.8 Å². The van der Waals surface area contributed by atoms with Gasteiger partial charge in [0.1, 0.15) is 6.61 Å². The zero-order valence-electron chi connectivity index (χ0n) is 6.97. The lowest BCUT2D eigenvalue weighted by Crippen LogP contribution is -2.41. The standard InChI is InChI=1S/C9H15NO/c1-3-6-11-9-5-4-8(2)10-7-9/h1,8-10H,4-7H2,2H3. The van der Waals surface area contributed by atoms with Gasteiger partial charge in [-0.15, -0.1) is 6.42 Å². The molecule has 1 rings (SSSR count). The van der Waals surface area contributed by atoms with Crippen molar-refractivity contribution in [1.29, 1.82) is 0 Å². The van der Waals surface area contributed by atoms with Gasteiger partial charge in [0, 0.05) is 12.6 Å². The van der Waals surface area contributed by atoms with E-state index in [1.807, 2.05) is 0 Å². The minimum Gasteiger partial charge on any atom is -0.364 e. The van der Waals surface area contributed by atoms with E-state index in [1.165, 1.54) is 6.42 Å². The highest BCUT2D eigenvalue weighted by Crippen LogP contribution is 2.09. The molecule has 0 aromatic rings. The molecule has 2 nitrogen and oxygen atoms in total. The fourth-order valence-corrected chi connectivity index (χ4v) is 1.28. The summed E-state index contributed by atoms with van der Waals surface area (Å²) >= 11 is 0. The molecule has 2 unspecified atom stereocenters. The van der Waals surface area contributed by atoms with Crippen molar-refractivity contribution in [2.75, 3.05) is 13.2 Å². The summed E-state index contributed by atoms with van der Waals surface area (Å²) in [6.45, 7) is 3.58. The Labute approximate surface area is 68.3 Å². The molecule has 2 atom stereocenters. The van der Waals surface area contributed by atoms with Crippen molar-refractivity contribution in [3.05, 3.63) is 0 Å². The highest BCUT2D eigenvalue weighted by Gasteiger charge is 2.16. The van der Waals surface area contributed by atoms with E-state index in [1.54, 1.807) is 0 Å². The Morgan fingerprint density at radius 2 is 2.45 bits per heavy atom. The third kappa shape index (κ3) is 2.92. The van der Waals surface area contributed by atoms with Crippen molar-refractivity contribution < 1.29 is 4.74 Å². The second-order valence-electron chi connectivity index (χ2n) is 3.02. The van der Waals surface area contributed by atoms with Crippen LogP contribution >= 0.6 is 0 Å². The summed E-state index contributed by atoms with van der Waals surface area (Å²) in [6.07, 6.45) is 7.74. The summed E-state index contributed by atoms with van der Waals surface area (Å²) in [5.41, 5.74) is 0. The number of nitrogens with one attached hydrogen (secondary N) is 1. The van der Waals surface area contributed by atoms with E-state index in [-0.39, 0.29) is 0 Å². The van der Waals surface area contributed by atoms with E-state index in [2.05, 4.69) is 18.2 Å². The van der Waals surface area contributed by atoms with Gasteiger partial charge < -0.3 is 10.1 Å². The van der Waals surface area contributed by atoms with Gasteiger partial charge in [-0.1, -0.05) is 5.92 Å². The van der Waals surface area contributed by atoms with Crippen molar-refractivity contribution in [1.82, 2.24) is 5.32 Å². The van der Waals surface area contributed by atoms with Crippen molar-refractivity contribution in [2.24, 2.45) is 0 Å². The fraction of sp³-hybridized carbons (Fsp3) is 0.778. The predicted octanol–water partition coefficient (Wildman–Crippen LogP) is 0.777. The Morgan fingerprint density at radius 1 is 1.64 bits per heavy atom. The van der Waals surface area contributed by atoms with Crippen LogP contribution in [-0.2, 0) is 4.74 Å². The molecular formula is C9H15NO. The molecule has 2 heteroatoms. The number of hydrogen-bond donors (Lipinski definition) is 1. The van der Waals surface area contributed by atoms with Gasteiger partial charge >= 0.3 is 0 Å². The fourth-order valence-electron chi connectivity index (χ4n) is 1.28. The molecule has 0 amide bonds. The maximum atomic E-state index is 5.38. The smallest absolute Gasteiger partial charge is 0.107 e. The van der Waals surface area contributed by atoms with Crippen LogP contribution in [0.2, 0.25) is 0 Å². The summed E-state index contributed by atoms with van der Waals surface area (Å²) < 4.78 is 5.38. The first-order valence-electron chi connectivity index (χ1n) is 4.11. The normalized spacial score (nSPS) is 31.3. The van der Waals surface area contributed by atoms with Gasteiger partial charge in [0.2, 0.25) is 0 Å². The molecule has 0 spiro atoms. The molecule has 1 fully saturated rings. The van der Waals surface area contributed by atoms with Gasteiger partial charge in [0.15, 0.2) is 0 Å². The topological polar surface area (TPSA) is 21.3 Å². The van der Waals surface area contributed by atoms with Crippen molar-refractivity contribution in [3.63, 3.8) is 0 Å². The first-order chi connectivity index (χ1) is 5.33. The molecule has 0 bridgehead atoms. The Kier molecular flexibility index (Phi) is 3.41. The maximum Gasteiger partial charge on any atom is 0.107 e. The molecule has 1 aliphatic heterocycles. The lowest BCUT2D eigenvalue weighted by molar-refractivity contribution is 0.0517. The van der Waals surface area contributed by atoms with Crippen LogP contribution in [0.15, 0.2) is 0 Å². The molecule has 0 aromatic heterocycles. The minimum atomic E-state index is 0.335. The van der Waals surface area contributed by atoms with E-state index in [4.69, 9.17) is 11.2 Å². The number of piperidine rings is 1. The van der Waals surface area contributed by atoms with E-state index in [0.717, 1.165) is 13.0 Å². The van der Waals surface area contributed by atoms with Crippen LogP contribution in [-0.4, -0.2) is 25.3 Å². The molecule has 1 saturated heterocycles. The number of hydrogen-bond acceptors (Lipinski definition) is 2. The van der Waals surface area contributed by atoms with E-state index in [9.17, 15) is 0 Å². The second-order valence-corrected chi connectivity index (χ2v) is 3.02. The molecule has 0 aliphatic carbocycles. The molecule has 1 N–H and O–H groups in total. The Bertz CT molecular complexity index is 142. The summed E-state index contributed by atoms with van der Waals surface area (Å²) in [5, 5.41) is 3.35. The summed E-state index contributed by atoms with van der Waals surface area (Å²) in [6, 6.07) is 0.640. The Hall–Kier alpha value is -0.520. The van der Waals surface area contributed by atoms with Crippen molar-refractivity contribution >= 4 is 0 Å². The molecular weight excluding hydrogens is 138 g/mol. The van der Waals surface area contributed by atoms with Crippen LogP contribution in [0.25, 0.3) is 0 Å². The molecule has 1 aliphatic rings. The third-order valence-corrected chi connectivity index (χ3v) is 2.02. The van der Waals surface area contributed by atoms with Gasteiger partial charge in [0.05, 0.1) is 6.10 Å². The summed E-state index contributed by atoms with van der Waals surface area (Å²) in [5.74, 6) is 2.48. The van der Waals surface area contributed by atoms with Crippen LogP contribution in [0.5, 0.6) is 0 Å². The zero-order chi connectivity index (χ0) is 8.10. The third-order valence-electron chi connectivity index (χ3n) is 2.02. The Morgan fingerprint density at radius 3 is 3.00 bits per heavy atom. The number of ether oxygens (including phenoxy) is 1. The predicted molar refractivity (Wildman–Crippen MR) is 45.3 cm³/mol. The van der Waals surface area contributed by atoms with Gasteiger partial charge in [-0.2, -0.15) is 0 Å². The van der Waals surface area contributed by atoms with Crippen LogP contribution in [0.3, 0.4) is 0 Å². The summed E-state index contributed by atoms with van der Waals surface area (Å²) in [4.78, 5) is 0. The number of rotatable bonds is 2. The van der Waals surface area contributed by atoms with Crippen LogP contribution in [0, 0.1) is 12.3 Å². The highest BCUT2D eigenvalue weighted by molar-refractivity contribution is 4.84. The lowest BCUT2D eigenvalue weighted by Gasteiger charge is -2.26. The largest absolute Gasteiger partial charge is 0.364 e. The molecule has 0 radical (unpaired) electrons. The van der Waals surface area contributed by atoms with Crippen molar-refractivity contribution in [3.8, 4) is 12.3 Å². The average Bonchev–Trinajstić information content (AvgIpc) is 2.04. The van der Waals surface area contributed by atoms with E-state index < -0.39 is 0 Å². The molecule has 62 valence electrons. The minimum absolute atomic E-state index is 0.335. The van der Waals surface area contributed by atoms with Gasteiger partial charge in [0.25, 0.3) is 0 Å². The van der Waals surface area contributed by atoms with E-state index >= 15 is 0 Å². The first-order valence-corrected chi connectivity index (χ1v) is 4.11. The highest BCUT2D eigenvalue weighted by atomic mass is 16.5. The Balaban J connectivity index is 2.13. The van der Waals surface area contributed by atoms with Crippen molar-refractivity contribution in [2.45, 2.75) is 31.9 Å². The van der Waals surface area contributed by atoms with Gasteiger partial charge in [-0.3, -0.25) is 0 Å². The maximum absolute atomic E-state index is 5.38. The number of terminal acetylenes is 1. The second kappa shape index (κ2) is 4.38. The SMILES string of the molecule is C#CCOC1CCC(C)NC1. The molecule has 1 heterocycles. The lowest BCUT2D eigenvalue weighted by atomic mass is 10.0. The molecule has 11 heavy (non-hydrogen) atoms. The van der Waals surface area contributed by atoms with E-state index in [0.29, 0.717) is 18.8 Å². The zero-order valence-corrected chi connectivity index (χ0v) is 6.97. The molecule has 0 aromatic carbocycles. The van der Waals surface area contributed by atoms with Crippen LogP contribution < -0.4 is 5.32 Å². The first kappa shape index (κ1) is 8.58. The van der Waals surface area contributed by atoms with Gasteiger partial charge in [-0.05, 0) is 19.8 Å². The van der Waals surface area contributed by atoms with Gasteiger partial charge in [-0.25, -0.2) is 0 Å². The quantitative estimate of drug-likeness (QED) is 0.592. The monoisotopic (exact) mass is 153 g/mol.